The van der Waals surface area contributed by atoms with E-state index in [9.17, 15) is 0 Å². The maximum atomic E-state index is 5.56. The average molecular weight is 274 g/mol. The van der Waals surface area contributed by atoms with Crippen molar-refractivity contribution in [2.75, 3.05) is 13.7 Å². The summed E-state index contributed by atoms with van der Waals surface area (Å²) >= 11 is 1.74. The summed E-state index contributed by atoms with van der Waals surface area (Å²) in [4.78, 5) is 4.55. The third-order valence-electron chi connectivity index (χ3n) is 3.51. The molecule has 0 amide bonds. The lowest BCUT2D eigenvalue weighted by molar-refractivity contribution is 0.356. The van der Waals surface area contributed by atoms with Crippen LogP contribution in [0.4, 0.5) is 0 Å². The normalized spacial score (nSPS) is 15.1. The van der Waals surface area contributed by atoms with Gasteiger partial charge in [0.05, 0.1) is 11.6 Å². The fraction of sp³-hybridized carbons (Fsp3) is 0.400. The number of likely N-dealkylation sites (N-methyl/N-ethyl adjacent to an activating group) is 1. The standard InChI is InChI=1S/C15H18N2OS/c1-10-9-19-15(17-10)8-13(16-2)11-3-4-14-12(7-11)5-6-18-14/h3-4,7,9,13,16H,5-6,8H2,1-2H3. The quantitative estimate of drug-likeness (QED) is 0.931. The second-order valence-corrected chi connectivity index (χ2v) is 5.84. The number of aromatic nitrogens is 1. The molecule has 4 heteroatoms. The molecule has 1 N–H and O–H groups in total. The van der Waals surface area contributed by atoms with Crippen LogP contribution in [0.5, 0.6) is 5.75 Å². The van der Waals surface area contributed by atoms with Crippen molar-refractivity contribution in [3.63, 3.8) is 0 Å². The Kier molecular flexibility index (Phi) is 3.53. The Bertz CT molecular complexity index is 579. The molecular formula is C15H18N2OS. The number of fused-ring (bicyclic) bond motifs is 1. The van der Waals surface area contributed by atoms with Crippen LogP contribution in [0.15, 0.2) is 23.6 Å². The minimum atomic E-state index is 0.316. The Labute approximate surface area is 117 Å². The van der Waals surface area contributed by atoms with Crippen LogP contribution in [0.3, 0.4) is 0 Å². The lowest BCUT2D eigenvalue weighted by atomic mass is 10.0. The number of hydrogen-bond acceptors (Lipinski definition) is 4. The molecule has 0 saturated heterocycles. The molecule has 0 spiro atoms. The van der Waals surface area contributed by atoms with Crippen molar-refractivity contribution < 1.29 is 4.74 Å². The number of rotatable bonds is 4. The van der Waals surface area contributed by atoms with Gasteiger partial charge in [-0.05, 0) is 31.2 Å². The van der Waals surface area contributed by atoms with Crippen LogP contribution in [0.1, 0.15) is 27.9 Å². The fourth-order valence-electron chi connectivity index (χ4n) is 2.48. The third-order valence-corrected chi connectivity index (χ3v) is 4.50. The molecule has 0 saturated carbocycles. The summed E-state index contributed by atoms with van der Waals surface area (Å²) < 4.78 is 5.56. The summed E-state index contributed by atoms with van der Waals surface area (Å²) in [5, 5.41) is 6.69. The van der Waals surface area contributed by atoms with E-state index in [1.165, 1.54) is 16.1 Å². The molecule has 1 aromatic carbocycles. The molecule has 0 bridgehead atoms. The Morgan fingerprint density at radius 2 is 2.37 bits per heavy atom. The van der Waals surface area contributed by atoms with Crippen molar-refractivity contribution in [1.82, 2.24) is 10.3 Å². The summed E-state index contributed by atoms with van der Waals surface area (Å²) in [5.74, 6) is 1.05. The van der Waals surface area contributed by atoms with Gasteiger partial charge in [-0.25, -0.2) is 4.98 Å². The summed E-state index contributed by atoms with van der Waals surface area (Å²) in [6, 6.07) is 6.83. The highest BCUT2D eigenvalue weighted by Crippen LogP contribution is 2.29. The highest BCUT2D eigenvalue weighted by Gasteiger charge is 2.17. The zero-order chi connectivity index (χ0) is 13.2. The molecule has 0 aliphatic carbocycles. The van der Waals surface area contributed by atoms with E-state index in [2.05, 4.69) is 33.9 Å². The maximum Gasteiger partial charge on any atom is 0.122 e. The minimum absolute atomic E-state index is 0.316. The van der Waals surface area contributed by atoms with Crippen LogP contribution < -0.4 is 10.1 Å². The molecule has 100 valence electrons. The first-order valence-electron chi connectivity index (χ1n) is 6.60. The first-order valence-corrected chi connectivity index (χ1v) is 7.48. The number of hydrogen-bond donors (Lipinski definition) is 1. The van der Waals surface area contributed by atoms with Crippen molar-refractivity contribution in [3.05, 3.63) is 45.4 Å². The van der Waals surface area contributed by atoms with Gasteiger partial charge in [0.1, 0.15) is 5.75 Å². The number of nitrogens with zero attached hydrogens (tertiary/aromatic N) is 1. The largest absolute Gasteiger partial charge is 0.493 e. The van der Waals surface area contributed by atoms with Crippen molar-refractivity contribution in [1.29, 1.82) is 0 Å². The van der Waals surface area contributed by atoms with E-state index in [1.807, 2.05) is 14.0 Å². The zero-order valence-electron chi connectivity index (χ0n) is 11.3. The van der Waals surface area contributed by atoms with Gasteiger partial charge in [-0.2, -0.15) is 0 Å². The van der Waals surface area contributed by atoms with E-state index < -0.39 is 0 Å². The van der Waals surface area contributed by atoms with E-state index >= 15 is 0 Å². The van der Waals surface area contributed by atoms with Crippen molar-refractivity contribution in [2.45, 2.75) is 25.8 Å². The maximum absolute atomic E-state index is 5.56. The Morgan fingerprint density at radius 1 is 1.47 bits per heavy atom. The molecule has 0 radical (unpaired) electrons. The highest BCUT2D eigenvalue weighted by molar-refractivity contribution is 7.09. The average Bonchev–Trinajstić information content (AvgIpc) is 3.03. The number of benzene rings is 1. The SMILES string of the molecule is CNC(Cc1nc(C)cs1)c1ccc2c(c1)CCO2. The molecule has 0 fully saturated rings. The molecule has 19 heavy (non-hydrogen) atoms. The molecule has 2 heterocycles. The number of thiazole rings is 1. The first-order chi connectivity index (χ1) is 9.26. The van der Waals surface area contributed by atoms with Crippen molar-refractivity contribution in [3.8, 4) is 5.75 Å². The number of aryl methyl sites for hydroxylation is 1. The van der Waals surface area contributed by atoms with Gasteiger partial charge in [-0.3, -0.25) is 0 Å². The van der Waals surface area contributed by atoms with Crippen LogP contribution in [-0.4, -0.2) is 18.6 Å². The van der Waals surface area contributed by atoms with Gasteiger partial charge in [0.15, 0.2) is 0 Å². The summed E-state index contributed by atoms with van der Waals surface area (Å²) in [6.07, 6.45) is 1.96. The molecule has 1 aromatic heterocycles. The van der Waals surface area contributed by atoms with Gasteiger partial charge < -0.3 is 10.1 Å². The van der Waals surface area contributed by atoms with Gasteiger partial charge >= 0.3 is 0 Å². The number of ether oxygens (including phenoxy) is 1. The Morgan fingerprint density at radius 3 is 3.11 bits per heavy atom. The molecule has 3 nitrogen and oxygen atoms in total. The summed E-state index contributed by atoms with van der Waals surface area (Å²) in [6.45, 7) is 2.86. The van der Waals surface area contributed by atoms with Crippen LogP contribution >= 0.6 is 11.3 Å². The van der Waals surface area contributed by atoms with Crippen molar-refractivity contribution >= 4 is 11.3 Å². The molecule has 1 aliphatic rings. The van der Waals surface area contributed by atoms with E-state index in [1.54, 1.807) is 11.3 Å². The van der Waals surface area contributed by atoms with Gasteiger partial charge in [0.25, 0.3) is 0 Å². The first kappa shape index (κ1) is 12.6. The fourth-order valence-corrected chi connectivity index (χ4v) is 3.30. The topological polar surface area (TPSA) is 34.2 Å². The molecular weight excluding hydrogens is 256 g/mol. The van der Waals surface area contributed by atoms with Crippen LogP contribution in [0.2, 0.25) is 0 Å². The van der Waals surface area contributed by atoms with Gasteiger partial charge in [0, 0.05) is 30.0 Å². The lowest BCUT2D eigenvalue weighted by Gasteiger charge is -2.16. The molecule has 1 aliphatic heterocycles. The van der Waals surface area contributed by atoms with Crippen LogP contribution in [0.25, 0.3) is 0 Å². The van der Waals surface area contributed by atoms with E-state index in [-0.39, 0.29) is 0 Å². The third kappa shape index (κ3) is 2.65. The second-order valence-electron chi connectivity index (χ2n) is 4.89. The number of nitrogens with one attached hydrogen (secondary N) is 1. The van der Waals surface area contributed by atoms with E-state index in [0.717, 1.165) is 30.9 Å². The van der Waals surface area contributed by atoms with Crippen molar-refractivity contribution in [2.24, 2.45) is 0 Å². The summed E-state index contributed by atoms with van der Waals surface area (Å²) in [5.41, 5.74) is 3.75. The lowest BCUT2D eigenvalue weighted by Crippen LogP contribution is -2.18. The molecule has 1 atom stereocenters. The Hall–Kier alpha value is -1.39. The predicted molar refractivity (Wildman–Crippen MR) is 78.0 cm³/mol. The second kappa shape index (κ2) is 5.31. The van der Waals surface area contributed by atoms with E-state index in [0.29, 0.717) is 6.04 Å². The molecule has 3 rings (SSSR count). The van der Waals surface area contributed by atoms with Crippen LogP contribution in [0, 0.1) is 6.92 Å². The summed E-state index contributed by atoms with van der Waals surface area (Å²) in [7, 11) is 2.01. The van der Waals surface area contributed by atoms with E-state index in [4.69, 9.17) is 4.74 Å². The smallest absolute Gasteiger partial charge is 0.122 e. The highest BCUT2D eigenvalue weighted by atomic mass is 32.1. The zero-order valence-corrected chi connectivity index (χ0v) is 12.1. The van der Waals surface area contributed by atoms with Gasteiger partial charge in [-0.1, -0.05) is 12.1 Å². The molecule has 2 aromatic rings. The van der Waals surface area contributed by atoms with Crippen LogP contribution in [-0.2, 0) is 12.8 Å². The van der Waals surface area contributed by atoms with Gasteiger partial charge in [-0.15, -0.1) is 11.3 Å². The van der Waals surface area contributed by atoms with Gasteiger partial charge in [0.2, 0.25) is 0 Å². The molecule has 1 unspecified atom stereocenters. The Balaban J connectivity index is 1.82. The minimum Gasteiger partial charge on any atom is -0.493 e. The predicted octanol–water partition coefficient (Wildman–Crippen LogP) is 2.89. The monoisotopic (exact) mass is 274 g/mol.